The number of H-pyrrole nitrogens is 1. The zero-order valence-electron chi connectivity index (χ0n) is 49.8. The Labute approximate surface area is 474 Å². The van der Waals surface area contributed by atoms with E-state index in [1.165, 1.54) is 30.4 Å². The molecule has 0 aliphatic heterocycles. The van der Waals surface area contributed by atoms with Crippen molar-refractivity contribution in [3.05, 3.63) is 168 Å². The summed E-state index contributed by atoms with van der Waals surface area (Å²) in [5.74, 6) is 8.13. The van der Waals surface area contributed by atoms with Crippen LogP contribution in [0.4, 0.5) is 0 Å². The van der Waals surface area contributed by atoms with Gasteiger partial charge in [-0.15, -0.1) is 21.5 Å². The highest BCUT2D eigenvalue weighted by molar-refractivity contribution is 7.10. The Morgan fingerprint density at radius 2 is 1.25 bits per heavy atom. The van der Waals surface area contributed by atoms with Gasteiger partial charge in [-0.2, -0.15) is 9.97 Å². The Kier molecular flexibility index (Phi) is 29.9. The molecule has 0 saturated carbocycles. The number of thiophene rings is 1. The van der Waals surface area contributed by atoms with Crippen molar-refractivity contribution < 1.29 is 22.5 Å². The molecule has 0 unspecified atom stereocenters. The van der Waals surface area contributed by atoms with Crippen LogP contribution in [0.25, 0.3) is 11.4 Å². The van der Waals surface area contributed by atoms with Crippen LogP contribution < -0.4 is 0 Å². The summed E-state index contributed by atoms with van der Waals surface area (Å²) in [6, 6.07) is 6.17. The standard InChI is InChI=1S/2C9H11N3.C7H10S.C6H10N2.C6H9NO.4C5H8N2O/c1-7(2)8-6-12-4-3-10-5-9(12)11-8;1-7(2)8-6-12-5-3-4-10-9(12)11-8;1-6(2)7-4-3-5-8-7;1-5(2)6-7-3-4-8-6;1-5(2)6-3-8-4-7-6;1-4(2)5-7-6-3-8-5;1-4(2)5-6-3-8-7-5;1-4(2)5-6-3-7-8-5;1-4(2)5-3-6-8-7-5/h2*3-7H,1-2H3;3-6H,1-2H3;3-5H,1-2H3,(H,7,8);3-5H,1-2H3;4*3-4H,1-2H3. The summed E-state index contributed by atoms with van der Waals surface area (Å²) >= 11 is 1.83. The predicted molar refractivity (Wildman–Crippen MR) is 309 cm³/mol. The fraction of sp³-hybridized carbons (Fsp3) is 0.474. The lowest BCUT2D eigenvalue weighted by Gasteiger charge is -1.95. The van der Waals surface area contributed by atoms with Crippen molar-refractivity contribution in [2.24, 2.45) is 0 Å². The fourth-order valence-corrected chi connectivity index (χ4v) is 6.46. The molecule has 0 atom stereocenters. The molecule has 23 heteroatoms. The van der Waals surface area contributed by atoms with E-state index in [2.05, 4.69) is 172 Å². The molecule has 0 aliphatic rings. The molecule has 11 heterocycles. The molecule has 0 fully saturated rings. The highest BCUT2D eigenvalue weighted by atomic mass is 32.1. The molecule has 0 bridgehead atoms. The molecule has 80 heavy (non-hydrogen) atoms. The Morgan fingerprint density at radius 1 is 0.550 bits per heavy atom. The van der Waals surface area contributed by atoms with E-state index in [0.717, 1.165) is 45.8 Å². The van der Waals surface area contributed by atoms with Crippen molar-refractivity contribution in [3.63, 3.8) is 0 Å². The fourth-order valence-electron chi connectivity index (χ4n) is 5.72. The second-order valence-corrected chi connectivity index (χ2v) is 21.5. The van der Waals surface area contributed by atoms with Crippen LogP contribution in [0.2, 0.25) is 0 Å². The van der Waals surface area contributed by atoms with Gasteiger partial charge in [-0.05, 0) is 41.2 Å². The molecular weight excluding hydrogens is 1030 g/mol. The first-order chi connectivity index (χ1) is 38.2. The summed E-state index contributed by atoms with van der Waals surface area (Å²) in [5.41, 5.74) is 5.05. The molecular formula is C57H83N17O5S. The number of fused-ring (bicyclic) bond motifs is 2. The summed E-state index contributed by atoms with van der Waals surface area (Å²) in [6.07, 6.45) is 25.7. The number of aromatic nitrogens is 17. The number of oxazole rings is 1. The maximum atomic E-state index is 4.87. The summed E-state index contributed by atoms with van der Waals surface area (Å²) in [4.78, 5) is 37.1. The lowest BCUT2D eigenvalue weighted by molar-refractivity contribution is 0.302. The maximum Gasteiger partial charge on any atom is 0.233 e. The molecule has 0 saturated heterocycles. The third kappa shape index (κ3) is 25.1. The van der Waals surface area contributed by atoms with Gasteiger partial charge in [0, 0.05) is 84.0 Å². The van der Waals surface area contributed by atoms with Crippen LogP contribution in [-0.2, 0) is 0 Å². The van der Waals surface area contributed by atoms with Crippen LogP contribution in [-0.4, -0.2) is 84.5 Å². The largest absolute Gasteiger partial charge is 0.451 e. The van der Waals surface area contributed by atoms with E-state index in [4.69, 9.17) is 13.4 Å². The van der Waals surface area contributed by atoms with E-state index in [0.29, 0.717) is 65.0 Å². The Hall–Kier alpha value is -8.08. The normalized spacial score (nSPS) is 10.6. The van der Waals surface area contributed by atoms with E-state index in [-0.39, 0.29) is 0 Å². The van der Waals surface area contributed by atoms with E-state index in [9.17, 15) is 0 Å². The molecule has 0 aromatic carbocycles. The third-order valence-electron chi connectivity index (χ3n) is 10.5. The molecule has 0 spiro atoms. The van der Waals surface area contributed by atoms with Gasteiger partial charge >= 0.3 is 0 Å². The van der Waals surface area contributed by atoms with Crippen LogP contribution in [0.15, 0.2) is 140 Å². The number of hydrogen-bond donors (Lipinski definition) is 1. The number of nitrogens with one attached hydrogen (secondary N) is 1. The number of nitrogens with zero attached hydrogens (tertiary/aromatic N) is 16. The summed E-state index contributed by atoms with van der Waals surface area (Å²) in [6.45, 7) is 37.5. The summed E-state index contributed by atoms with van der Waals surface area (Å²) < 4.78 is 27.2. The Morgan fingerprint density at radius 3 is 1.62 bits per heavy atom. The van der Waals surface area contributed by atoms with Crippen LogP contribution in [0.3, 0.4) is 0 Å². The van der Waals surface area contributed by atoms with Crippen molar-refractivity contribution in [1.82, 2.24) is 84.5 Å². The molecule has 1 N–H and O–H groups in total. The first-order valence-electron chi connectivity index (χ1n) is 26.7. The molecule has 0 amide bonds. The quantitative estimate of drug-likeness (QED) is 0.141. The van der Waals surface area contributed by atoms with Gasteiger partial charge in [0.1, 0.15) is 17.8 Å². The molecule has 11 rings (SSSR count). The predicted octanol–water partition coefficient (Wildman–Crippen LogP) is 14.7. The van der Waals surface area contributed by atoms with Gasteiger partial charge in [0.05, 0.1) is 29.5 Å². The average molecular weight is 1120 g/mol. The van der Waals surface area contributed by atoms with E-state index in [1.54, 1.807) is 37.2 Å². The highest BCUT2D eigenvalue weighted by Gasteiger charge is 2.07. The van der Waals surface area contributed by atoms with Crippen molar-refractivity contribution in [2.45, 2.75) is 178 Å². The lowest BCUT2D eigenvalue weighted by Crippen LogP contribution is -1.87. The molecule has 0 radical (unpaired) electrons. The van der Waals surface area contributed by atoms with Crippen LogP contribution in [0.5, 0.6) is 0 Å². The van der Waals surface area contributed by atoms with E-state index < -0.39 is 0 Å². The average Bonchev–Trinajstić information content (AvgIpc) is 4.30. The minimum Gasteiger partial charge on any atom is -0.451 e. The van der Waals surface area contributed by atoms with Crippen molar-refractivity contribution in [3.8, 4) is 0 Å². The molecule has 11 aromatic rings. The van der Waals surface area contributed by atoms with E-state index >= 15 is 0 Å². The van der Waals surface area contributed by atoms with Crippen LogP contribution in [0, 0.1) is 0 Å². The van der Waals surface area contributed by atoms with E-state index in [1.807, 2.05) is 113 Å². The molecule has 11 aromatic heterocycles. The van der Waals surface area contributed by atoms with Gasteiger partial charge in [0.2, 0.25) is 30.3 Å². The minimum atomic E-state index is 0.345. The van der Waals surface area contributed by atoms with Gasteiger partial charge in [0.15, 0.2) is 24.2 Å². The third-order valence-corrected chi connectivity index (χ3v) is 11.7. The smallest absolute Gasteiger partial charge is 0.233 e. The molecule has 0 aliphatic carbocycles. The topological polar surface area (TPSA) is 271 Å². The second kappa shape index (κ2) is 36.2. The van der Waals surface area contributed by atoms with Crippen molar-refractivity contribution >= 4 is 22.8 Å². The van der Waals surface area contributed by atoms with Gasteiger partial charge < -0.3 is 27.3 Å². The van der Waals surface area contributed by atoms with Gasteiger partial charge in [0.25, 0.3) is 0 Å². The van der Waals surface area contributed by atoms with Crippen LogP contribution >= 0.6 is 11.3 Å². The zero-order chi connectivity index (χ0) is 59.0. The van der Waals surface area contributed by atoms with Gasteiger partial charge in [-0.25, -0.2) is 29.5 Å². The van der Waals surface area contributed by atoms with Gasteiger partial charge in [-0.1, -0.05) is 151 Å². The second-order valence-electron chi connectivity index (χ2n) is 20.5. The van der Waals surface area contributed by atoms with Crippen LogP contribution in [0.1, 0.15) is 229 Å². The first kappa shape index (κ1) is 66.2. The highest BCUT2D eigenvalue weighted by Crippen LogP contribution is 2.19. The monoisotopic (exact) mass is 1120 g/mol. The lowest BCUT2D eigenvalue weighted by atomic mass is 10.2. The number of aromatic amines is 1. The summed E-state index contributed by atoms with van der Waals surface area (Å²) in [7, 11) is 0. The number of rotatable bonds is 9. The Bertz CT molecular complexity index is 2590. The number of hydrogen-bond acceptors (Lipinski definition) is 20. The maximum absolute atomic E-state index is 4.87. The summed E-state index contributed by atoms with van der Waals surface area (Å²) in [5, 5.41) is 23.5. The molecule has 22 nitrogen and oxygen atoms in total. The zero-order valence-corrected chi connectivity index (χ0v) is 50.6. The molecule has 432 valence electrons. The van der Waals surface area contributed by atoms with Crippen molar-refractivity contribution in [2.75, 3.05) is 0 Å². The minimum absolute atomic E-state index is 0.345. The van der Waals surface area contributed by atoms with Crippen molar-refractivity contribution in [1.29, 1.82) is 0 Å². The first-order valence-corrected chi connectivity index (χ1v) is 27.6. The van der Waals surface area contributed by atoms with Gasteiger partial charge in [-0.3, -0.25) is 9.38 Å². The Balaban J connectivity index is 0.000000238. The number of imidazole rings is 3. The SMILES string of the molecule is CC(C)c1cccs1.CC(C)c1cn2cccnc2n1.CC(C)c1cn2ccncc2n1.CC(C)c1cnon1.CC(C)c1cocn1.CC(C)c1ncc[nH]1.CC(C)c1ncno1.CC(C)c1ncon1.CC(C)c1nnco1.